The van der Waals surface area contributed by atoms with Crippen molar-refractivity contribution in [1.82, 2.24) is 15.3 Å². The number of nitrogens with zero attached hydrogens (tertiary/aromatic N) is 3. The molecule has 1 aromatic heterocycles. The number of Topliss-reactive ketones (excluding diaryl/α,β-unsaturated/α-hetero) is 1. The molecule has 1 aromatic carbocycles. The Hall–Kier alpha value is -2.27. The molecule has 2 heterocycles. The lowest BCUT2D eigenvalue weighted by atomic mass is 10.0. The molecule has 0 amide bonds. The number of hydrogen-bond donors (Lipinski definition) is 1. The third-order valence-corrected chi connectivity index (χ3v) is 4.40. The minimum Gasteiger partial charge on any atom is -0.338 e. The molecule has 0 bridgehead atoms. The number of rotatable bonds is 2. The van der Waals surface area contributed by atoms with E-state index >= 15 is 0 Å². The molecule has 1 saturated heterocycles. The Balaban J connectivity index is 1.59. The van der Waals surface area contributed by atoms with Crippen LogP contribution in [-0.2, 0) is 6.42 Å². The van der Waals surface area contributed by atoms with Crippen molar-refractivity contribution in [2.45, 2.75) is 12.8 Å². The molecule has 1 aliphatic carbocycles. The van der Waals surface area contributed by atoms with Gasteiger partial charge in [-0.05, 0) is 17.5 Å². The first-order valence-electron chi connectivity index (χ1n) is 7.75. The van der Waals surface area contributed by atoms with Crippen LogP contribution in [0.1, 0.15) is 22.3 Å². The molecule has 0 atom stereocenters. The Morgan fingerprint density at radius 2 is 1.77 bits per heavy atom. The van der Waals surface area contributed by atoms with E-state index in [4.69, 9.17) is 0 Å². The van der Waals surface area contributed by atoms with Gasteiger partial charge in [-0.25, -0.2) is 9.97 Å². The Bertz CT molecular complexity index is 705. The molecular weight excluding hydrogens is 276 g/mol. The van der Waals surface area contributed by atoms with Crippen molar-refractivity contribution in [3.05, 3.63) is 41.7 Å². The van der Waals surface area contributed by atoms with Gasteiger partial charge in [0.05, 0.1) is 0 Å². The number of nitrogens with one attached hydrogen (secondary N) is 1. The number of aryl methyl sites for hydroxylation is 1. The maximum Gasteiger partial charge on any atom is 0.225 e. The van der Waals surface area contributed by atoms with E-state index < -0.39 is 0 Å². The fraction of sp³-hybridized carbons (Fsp3) is 0.353. The van der Waals surface area contributed by atoms with E-state index in [9.17, 15) is 4.79 Å². The molecule has 0 unspecified atom stereocenters. The van der Waals surface area contributed by atoms with Gasteiger partial charge in [0.15, 0.2) is 5.78 Å². The zero-order valence-electron chi connectivity index (χ0n) is 12.4. The smallest absolute Gasteiger partial charge is 0.225 e. The predicted molar refractivity (Wildman–Crippen MR) is 85.2 cm³/mol. The van der Waals surface area contributed by atoms with Crippen molar-refractivity contribution in [2.75, 3.05) is 31.1 Å². The first-order chi connectivity index (χ1) is 10.8. The Morgan fingerprint density at radius 1 is 1.00 bits per heavy atom. The number of fused-ring (bicyclic) bond motifs is 1. The molecule has 5 heteroatoms. The average Bonchev–Trinajstić information content (AvgIpc) is 2.96. The van der Waals surface area contributed by atoms with Gasteiger partial charge in [0, 0.05) is 56.1 Å². The standard InChI is InChI=1S/C17H18N4O/c22-16-4-2-13-9-12(1-3-15(13)16)14-10-19-17(20-11-14)21-7-5-18-6-8-21/h1,3,9-11,18H,2,4-8H2. The van der Waals surface area contributed by atoms with Crippen molar-refractivity contribution < 1.29 is 4.79 Å². The van der Waals surface area contributed by atoms with Crippen LogP contribution >= 0.6 is 0 Å². The van der Waals surface area contributed by atoms with Gasteiger partial charge in [0.25, 0.3) is 0 Å². The maximum atomic E-state index is 11.7. The van der Waals surface area contributed by atoms with Crippen LogP contribution < -0.4 is 10.2 Å². The number of benzene rings is 1. The highest BCUT2D eigenvalue weighted by Crippen LogP contribution is 2.27. The topological polar surface area (TPSA) is 58.1 Å². The second-order valence-corrected chi connectivity index (χ2v) is 5.80. The van der Waals surface area contributed by atoms with E-state index in [2.05, 4.69) is 26.3 Å². The Kier molecular flexibility index (Phi) is 3.35. The summed E-state index contributed by atoms with van der Waals surface area (Å²) in [6, 6.07) is 6.03. The van der Waals surface area contributed by atoms with Crippen LogP contribution in [0.3, 0.4) is 0 Å². The van der Waals surface area contributed by atoms with Gasteiger partial charge in [-0.1, -0.05) is 18.2 Å². The monoisotopic (exact) mass is 294 g/mol. The fourth-order valence-corrected chi connectivity index (χ4v) is 3.13. The van der Waals surface area contributed by atoms with Crippen LogP contribution in [0.15, 0.2) is 30.6 Å². The highest BCUT2D eigenvalue weighted by molar-refractivity contribution is 6.00. The van der Waals surface area contributed by atoms with Gasteiger partial charge in [0.1, 0.15) is 0 Å². The van der Waals surface area contributed by atoms with E-state index in [1.165, 1.54) is 0 Å². The van der Waals surface area contributed by atoms with E-state index in [1.54, 1.807) is 0 Å². The molecule has 0 spiro atoms. The lowest BCUT2D eigenvalue weighted by molar-refractivity contribution is 0.0994. The van der Waals surface area contributed by atoms with Gasteiger partial charge < -0.3 is 10.2 Å². The quantitative estimate of drug-likeness (QED) is 0.913. The summed E-state index contributed by atoms with van der Waals surface area (Å²) in [4.78, 5) is 22.9. The first-order valence-corrected chi connectivity index (χ1v) is 7.75. The molecule has 1 fully saturated rings. The third kappa shape index (κ3) is 2.37. The number of piperazine rings is 1. The Labute approximate surface area is 129 Å². The minimum atomic E-state index is 0.256. The molecule has 0 radical (unpaired) electrons. The average molecular weight is 294 g/mol. The molecule has 4 rings (SSSR count). The first kappa shape index (κ1) is 13.4. The fourth-order valence-electron chi connectivity index (χ4n) is 3.13. The van der Waals surface area contributed by atoms with Crippen molar-refractivity contribution in [3.8, 4) is 11.1 Å². The third-order valence-electron chi connectivity index (χ3n) is 4.40. The molecule has 2 aliphatic rings. The molecule has 2 aromatic rings. The second kappa shape index (κ2) is 5.50. The zero-order valence-corrected chi connectivity index (χ0v) is 12.4. The number of aromatic nitrogens is 2. The number of ketones is 1. The highest BCUT2D eigenvalue weighted by atomic mass is 16.1. The minimum absolute atomic E-state index is 0.256. The Morgan fingerprint density at radius 3 is 2.55 bits per heavy atom. The SMILES string of the molecule is O=C1CCc2cc(-c3cnc(N4CCNCC4)nc3)ccc21. The molecule has 0 saturated carbocycles. The van der Waals surface area contributed by atoms with Crippen molar-refractivity contribution >= 4 is 11.7 Å². The summed E-state index contributed by atoms with van der Waals surface area (Å²) in [7, 11) is 0. The second-order valence-electron chi connectivity index (χ2n) is 5.80. The van der Waals surface area contributed by atoms with Crippen molar-refractivity contribution in [1.29, 1.82) is 0 Å². The van der Waals surface area contributed by atoms with E-state index in [0.29, 0.717) is 6.42 Å². The summed E-state index contributed by atoms with van der Waals surface area (Å²) in [5.74, 6) is 1.05. The summed E-state index contributed by atoms with van der Waals surface area (Å²) in [6.45, 7) is 3.84. The largest absolute Gasteiger partial charge is 0.338 e. The maximum absolute atomic E-state index is 11.7. The van der Waals surface area contributed by atoms with Crippen molar-refractivity contribution in [3.63, 3.8) is 0 Å². The van der Waals surface area contributed by atoms with E-state index in [1.807, 2.05) is 24.5 Å². The van der Waals surface area contributed by atoms with Gasteiger partial charge in [-0.15, -0.1) is 0 Å². The molecule has 1 N–H and O–H groups in total. The van der Waals surface area contributed by atoms with E-state index in [0.717, 1.165) is 60.8 Å². The number of carbonyl (C=O) groups excluding carboxylic acids is 1. The summed E-state index contributed by atoms with van der Waals surface area (Å²) in [6.07, 6.45) is 5.24. The van der Waals surface area contributed by atoms with Crippen LogP contribution in [-0.4, -0.2) is 41.9 Å². The summed E-state index contributed by atoms with van der Waals surface area (Å²) >= 11 is 0. The van der Waals surface area contributed by atoms with Gasteiger partial charge in [0.2, 0.25) is 5.95 Å². The highest BCUT2D eigenvalue weighted by Gasteiger charge is 2.19. The van der Waals surface area contributed by atoms with Crippen LogP contribution in [0.25, 0.3) is 11.1 Å². The number of anilines is 1. The number of hydrogen-bond acceptors (Lipinski definition) is 5. The number of carbonyl (C=O) groups is 1. The molecule has 22 heavy (non-hydrogen) atoms. The van der Waals surface area contributed by atoms with Crippen LogP contribution in [0.4, 0.5) is 5.95 Å². The summed E-state index contributed by atoms with van der Waals surface area (Å²) in [5.41, 5.74) is 4.11. The molecule has 5 nitrogen and oxygen atoms in total. The lowest BCUT2D eigenvalue weighted by Gasteiger charge is -2.27. The van der Waals surface area contributed by atoms with E-state index in [-0.39, 0.29) is 5.78 Å². The summed E-state index contributed by atoms with van der Waals surface area (Å²) in [5, 5.41) is 3.32. The summed E-state index contributed by atoms with van der Waals surface area (Å²) < 4.78 is 0. The van der Waals surface area contributed by atoms with Crippen LogP contribution in [0.2, 0.25) is 0 Å². The molecule has 112 valence electrons. The van der Waals surface area contributed by atoms with Crippen molar-refractivity contribution in [2.24, 2.45) is 0 Å². The van der Waals surface area contributed by atoms with Gasteiger partial charge in [-0.3, -0.25) is 4.79 Å². The van der Waals surface area contributed by atoms with Crippen LogP contribution in [0.5, 0.6) is 0 Å². The van der Waals surface area contributed by atoms with Gasteiger partial charge >= 0.3 is 0 Å². The predicted octanol–water partition coefficient (Wildman–Crippen LogP) is 1.68. The molecule has 1 aliphatic heterocycles. The van der Waals surface area contributed by atoms with Gasteiger partial charge in [-0.2, -0.15) is 0 Å². The van der Waals surface area contributed by atoms with Crippen LogP contribution in [0, 0.1) is 0 Å². The zero-order chi connectivity index (χ0) is 14.9. The molecular formula is C17H18N4O. The normalized spacial score (nSPS) is 17.6. The lowest BCUT2D eigenvalue weighted by Crippen LogP contribution is -2.44.